The fraction of sp³-hybridized carbons (Fsp3) is 0. The van der Waals surface area contributed by atoms with Crippen molar-refractivity contribution >= 4 is 28.4 Å². The Balaban J connectivity index is 2.77. The third kappa shape index (κ3) is 2.21. The molecule has 19 heavy (non-hydrogen) atoms. The molecule has 2 aromatic carbocycles. The number of nitrogens with zero attached hydrogens (tertiary/aromatic N) is 1. The zero-order chi connectivity index (χ0) is 14.2. The number of hydrogen-bond donors (Lipinski definition) is 2. The van der Waals surface area contributed by atoms with Crippen LogP contribution < -0.4 is 0 Å². The van der Waals surface area contributed by atoms with Gasteiger partial charge in [0.2, 0.25) is 0 Å². The highest BCUT2D eigenvalue weighted by Crippen LogP contribution is 2.24. The number of fused-ring (bicyclic) bond motifs is 1. The lowest BCUT2D eigenvalue weighted by molar-refractivity contribution is -0.384. The maximum absolute atomic E-state index is 11.0. The number of benzene rings is 2. The van der Waals surface area contributed by atoms with Gasteiger partial charge < -0.3 is 10.2 Å². The second-order valence-electron chi connectivity index (χ2n) is 3.80. The predicted molar refractivity (Wildman–Crippen MR) is 64.5 cm³/mol. The van der Waals surface area contributed by atoms with Crippen molar-refractivity contribution in [3.63, 3.8) is 0 Å². The molecule has 0 spiro atoms. The zero-order valence-corrected chi connectivity index (χ0v) is 9.36. The van der Waals surface area contributed by atoms with Gasteiger partial charge in [-0.15, -0.1) is 0 Å². The third-order valence-electron chi connectivity index (χ3n) is 2.63. The van der Waals surface area contributed by atoms with Gasteiger partial charge in [0, 0.05) is 12.1 Å². The minimum Gasteiger partial charge on any atom is -0.478 e. The van der Waals surface area contributed by atoms with Crippen LogP contribution in [0.25, 0.3) is 10.8 Å². The summed E-state index contributed by atoms with van der Waals surface area (Å²) in [6, 6.07) is 6.12. The van der Waals surface area contributed by atoms with Crippen LogP contribution in [0.2, 0.25) is 0 Å². The summed E-state index contributed by atoms with van der Waals surface area (Å²) in [6.07, 6.45) is 0. The summed E-state index contributed by atoms with van der Waals surface area (Å²) in [4.78, 5) is 32.0. The quantitative estimate of drug-likeness (QED) is 0.645. The molecule has 96 valence electrons. The van der Waals surface area contributed by atoms with Crippen molar-refractivity contribution in [1.82, 2.24) is 0 Å². The number of non-ortho nitro benzene ring substituents is 1. The Labute approximate surface area is 105 Å². The molecule has 7 nitrogen and oxygen atoms in total. The van der Waals surface area contributed by atoms with Gasteiger partial charge in [-0.1, -0.05) is 0 Å². The molecule has 0 saturated heterocycles. The number of aromatic carboxylic acids is 2. The monoisotopic (exact) mass is 261 g/mol. The SMILES string of the molecule is O=C(O)c1cc2ccc([N+](=O)[O-])cc2cc1C(=O)O. The molecule has 0 aromatic heterocycles. The summed E-state index contributed by atoms with van der Waals surface area (Å²) < 4.78 is 0. The molecule has 0 amide bonds. The summed E-state index contributed by atoms with van der Waals surface area (Å²) >= 11 is 0. The number of nitro groups is 1. The third-order valence-corrected chi connectivity index (χ3v) is 2.63. The summed E-state index contributed by atoms with van der Waals surface area (Å²) in [5.41, 5.74) is -0.943. The molecule has 0 heterocycles. The van der Waals surface area contributed by atoms with Crippen molar-refractivity contribution in [2.45, 2.75) is 0 Å². The molecule has 0 aliphatic carbocycles. The predicted octanol–water partition coefficient (Wildman–Crippen LogP) is 2.14. The highest BCUT2D eigenvalue weighted by molar-refractivity contribution is 6.06. The Morgan fingerprint density at radius 3 is 1.95 bits per heavy atom. The van der Waals surface area contributed by atoms with E-state index in [1.54, 1.807) is 0 Å². The maximum atomic E-state index is 11.0. The first kappa shape index (κ1) is 12.5. The van der Waals surface area contributed by atoms with Gasteiger partial charge in [-0.25, -0.2) is 9.59 Å². The van der Waals surface area contributed by atoms with Crippen molar-refractivity contribution in [3.05, 3.63) is 51.6 Å². The normalized spacial score (nSPS) is 10.3. The number of carboxylic acids is 2. The number of carbonyl (C=O) groups is 2. The summed E-state index contributed by atoms with van der Waals surface area (Å²) in [6.45, 7) is 0. The maximum Gasteiger partial charge on any atom is 0.336 e. The molecule has 2 aromatic rings. The number of carboxylic acid groups (broad SMARTS) is 2. The Morgan fingerprint density at radius 1 is 0.947 bits per heavy atom. The standard InChI is InChI=1S/C12H7NO6/c14-11(15)9-4-6-1-2-8(13(18)19)3-7(6)5-10(9)12(16)17/h1-5H,(H,14,15)(H,16,17). The molecular formula is C12H7NO6. The van der Waals surface area contributed by atoms with Crippen LogP contribution >= 0.6 is 0 Å². The van der Waals surface area contributed by atoms with Crippen LogP contribution in [0, 0.1) is 10.1 Å². The summed E-state index contributed by atoms with van der Waals surface area (Å²) in [7, 11) is 0. The fourth-order valence-corrected chi connectivity index (χ4v) is 1.75. The van der Waals surface area contributed by atoms with Crippen LogP contribution in [0.1, 0.15) is 20.7 Å². The number of nitro benzene ring substituents is 1. The van der Waals surface area contributed by atoms with Gasteiger partial charge in [-0.05, 0) is 29.0 Å². The highest BCUT2D eigenvalue weighted by Gasteiger charge is 2.18. The first-order valence-electron chi connectivity index (χ1n) is 5.09. The van der Waals surface area contributed by atoms with E-state index in [9.17, 15) is 19.7 Å². The van der Waals surface area contributed by atoms with Crippen LogP contribution in [-0.4, -0.2) is 27.1 Å². The van der Waals surface area contributed by atoms with Crippen LogP contribution in [0.4, 0.5) is 5.69 Å². The minimum absolute atomic E-state index is 0.188. The summed E-state index contributed by atoms with van der Waals surface area (Å²) in [5, 5.41) is 29.3. The van der Waals surface area contributed by atoms with Crippen molar-refractivity contribution in [1.29, 1.82) is 0 Å². The number of rotatable bonds is 3. The van der Waals surface area contributed by atoms with Crippen molar-refractivity contribution in [3.8, 4) is 0 Å². The van der Waals surface area contributed by atoms with E-state index in [1.165, 1.54) is 24.3 Å². The zero-order valence-electron chi connectivity index (χ0n) is 9.36. The average Bonchev–Trinajstić information content (AvgIpc) is 2.36. The number of hydrogen-bond acceptors (Lipinski definition) is 4. The molecule has 0 unspecified atom stereocenters. The van der Waals surface area contributed by atoms with Gasteiger partial charge in [0.1, 0.15) is 0 Å². The highest BCUT2D eigenvalue weighted by atomic mass is 16.6. The van der Waals surface area contributed by atoms with E-state index in [4.69, 9.17) is 10.2 Å². The molecule has 0 radical (unpaired) electrons. The van der Waals surface area contributed by atoms with Gasteiger partial charge >= 0.3 is 11.9 Å². The van der Waals surface area contributed by atoms with E-state index >= 15 is 0 Å². The first-order chi connectivity index (χ1) is 8.90. The molecular weight excluding hydrogens is 254 g/mol. The lowest BCUT2D eigenvalue weighted by Crippen LogP contribution is -2.07. The molecule has 0 fully saturated rings. The first-order valence-corrected chi connectivity index (χ1v) is 5.09. The largest absolute Gasteiger partial charge is 0.478 e. The molecule has 0 atom stereocenters. The molecule has 0 aliphatic rings. The molecule has 0 bridgehead atoms. The van der Waals surface area contributed by atoms with E-state index in [2.05, 4.69) is 0 Å². The van der Waals surface area contributed by atoms with Crippen molar-refractivity contribution in [2.24, 2.45) is 0 Å². The fourth-order valence-electron chi connectivity index (χ4n) is 1.75. The lowest BCUT2D eigenvalue weighted by atomic mass is 10.0. The van der Waals surface area contributed by atoms with E-state index in [0.717, 1.165) is 6.07 Å². The van der Waals surface area contributed by atoms with Gasteiger partial charge in [0.25, 0.3) is 5.69 Å². The van der Waals surface area contributed by atoms with Gasteiger partial charge in [-0.3, -0.25) is 10.1 Å². The topological polar surface area (TPSA) is 118 Å². The van der Waals surface area contributed by atoms with Crippen molar-refractivity contribution in [2.75, 3.05) is 0 Å². The Bertz CT molecular complexity index is 721. The van der Waals surface area contributed by atoms with Crippen LogP contribution in [0.5, 0.6) is 0 Å². The van der Waals surface area contributed by atoms with Gasteiger partial charge in [-0.2, -0.15) is 0 Å². The Kier molecular flexibility index (Phi) is 2.88. The second kappa shape index (κ2) is 4.37. The second-order valence-corrected chi connectivity index (χ2v) is 3.80. The van der Waals surface area contributed by atoms with E-state index in [-0.39, 0.29) is 11.3 Å². The van der Waals surface area contributed by atoms with Gasteiger partial charge in [0.05, 0.1) is 16.1 Å². The van der Waals surface area contributed by atoms with Crippen LogP contribution in [0.15, 0.2) is 30.3 Å². The molecule has 7 heteroatoms. The van der Waals surface area contributed by atoms with E-state index < -0.39 is 22.4 Å². The van der Waals surface area contributed by atoms with E-state index in [0.29, 0.717) is 10.8 Å². The van der Waals surface area contributed by atoms with Crippen LogP contribution in [0.3, 0.4) is 0 Å². The van der Waals surface area contributed by atoms with Crippen molar-refractivity contribution < 1.29 is 24.7 Å². The molecule has 2 N–H and O–H groups in total. The lowest BCUT2D eigenvalue weighted by Gasteiger charge is -2.04. The van der Waals surface area contributed by atoms with Gasteiger partial charge in [0.15, 0.2) is 0 Å². The summed E-state index contributed by atoms with van der Waals surface area (Å²) in [5.74, 6) is -2.76. The molecule has 2 rings (SSSR count). The molecule has 0 saturated carbocycles. The Hall–Kier alpha value is -2.96. The average molecular weight is 261 g/mol. The Morgan fingerprint density at radius 2 is 1.47 bits per heavy atom. The van der Waals surface area contributed by atoms with Crippen LogP contribution in [-0.2, 0) is 0 Å². The minimum atomic E-state index is -1.40. The molecule has 0 aliphatic heterocycles. The smallest absolute Gasteiger partial charge is 0.336 e. The van der Waals surface area contributed by atoms with E-state index in [1.807, 2.05) is 0 Å².